The smallest absolute Gasteiger partial charge is 0.239 e. The van der Waals surface area contributed by atoms with E-state index in [1.807, 2.05) is 4.90 Å². The van der Waals surface area contributed by atoms with Crippen molar-refractivity contribution in [2.24, 2.45) is 11.7 Å². The predicted octanol–water partition coefficient (Wildman–Crippen LogP) is 1.84. The molecule has 20 heavy (non-hydrogen) atoms. The molecular formula is C16H31N3O. The molecule has 2 aliphatic heterocycles. The largest absolute Gasteiger partial charge is 0.341 e. The Morgan fingerprint density at radius 3 is 2.30 bits per heavy atom. The van der Waals surface area contributed by atoms with E-state index in [0.29, 0.717) is 6.04 Å². The molecule has 0 radical (unpaired) electrons. The number of likely N-dealkylation sites (tertiary alicyclic amines) is 2. The molecule has 2 saturated heterocycles. The lowest BCUT2D eigenvalue weighted by molar-refractivity contribution is -0.135. The van der Waals surface area contributed by atoms with E-state index in [2.05, 4.69) is 18.7 Å². The van der Waals surface area contributed by atoms with Gasteiger partial charge >= 0.3 is 0 Å². The van der Waals surface area contributed by atoms with Gasteiger partial charge in [-0.25, -0.2) is 0 Å². The molecular weight excluding hydrogens is 250 g/mol. The van der Waals surface area contributed by atoms with Gasteiger partial charge in [-0.3, -0.25) is 4.79 Å². The number of hydrogen-bond acceptors (Lipinski definition) is 3. The lowest BCUT2D eigenvalue weighted by atomic mass is 9.96. The predicted molar refractivity (Wildman–Crippen MR) is 82.5 cm³/mol. The van der Waals surface area contributed by atoms with Gasteiger partial charge in [0.25, 0.3) is 0 Å². The normalized spacial score (nSPS) is 25.4. The first kappa shape index (κ1) is 15.8. The van der Waals surface area contributed by atoms with Crippen LogP contribution < -0.4 is 5.73 Å². The third-order valence-electron chi connectivity index (χ3n) is 5.23. The molecule has 0 saturated carbocycles. The van der Waals surface area contributed by atoms with E-state index in [1.54, 1.807) is 0 Å². The molecule has 0 aliphatic carbocycles. The Morgan fingerprint density at radius 1 is 1.15 bits per heavy atom. The maximum atomic E-state index is 12.4. The van der Waals surface area contributed by atoms with Crippen LogP contribution in [0.4, 0.5) is 0 Å². The third kappa shape index (κ3) is 3.73. The van der Waals surface area contributed by atoms with Crippen LogP contribution >= 0.6 is 0 Å². The molecule has 4 heteroatoms. The van der Waals surface area contributed by atoms with Crippen molar-refractivity contribution in [2.75, 3.05) is 26.2 Å². The summed E-state index contributed by atoms with van der Waals surface area (Å²) in [4.78, 5) is 17.0. The van der Waals surface area contributed by atoms with Gasteiger partial charge in [-0.15, -0.1) is 0 Å². The van der Waals surface area contributed by atoms with E-state index < -0.39 is 0 Å². The third-order valence-corrected chi connectivity index (χ3v) is 5.23. The second-order valence-corrected chi connectivity index (χ2v) is 6.56. The van der Waals surface area contributed by atoms with Crippen LogP contribution in [0.1, 0.15) is 52.4 Å². The average molecular weight is 281 g/mol. The highest BCUT2D eigenvalue weighted by atomic mass is 16.2. The Morgan fingerprint density at radius 2 is 1.75 bits per heavy atom. The molecule has 2 N–H and O–H groups in total. The van der Waals surface area contributed by atoms with Crippen LogP contribution in [-0.2, 0) is 4.79 Å². The minimum Gasteiger partial charge on any atom is -0.341 e. The standard InChI is InChI=1S/C16H31N3O/c1-3-13(2)15(17)16(20)19-11-7-14(8-12-19)18-9-5-4-6-10-18/h13-15H,3-12,17H2,1-2H3/t13-,15-/m0/s1. The molecule has 0 spiro atoms. The zero-order chi connectivity index (χ0) is 14.5. The molecule has 1 amide bonds. The first-order valence-electron chi connectivity index (χ1n) is 8.42. The summed E-state index contributed by atoms with van der Waals surface area (Å²) >= 11 is 0. The van der Waals surface area contributed by atoms with E-state index in [-0.39, 0.29) is 17.9 Å². The maximum Gasteiger partial charge on any atom is 0.239 e. The highest BCUT2D eigenvalue weighted by Crippen LogP contribution is 2.21. The van der Waals surface area contributed by atoms with Crippen molar-refractivity contribution in [1.29, 1.82) is 0 Å². The molecule has 2 rings (SSSR count). The Balaban J connectivity index is 1.79. The highest BCUT2D eigenvalue weighted by Gasteiger charge is 2.30. The Kier molecular flexibility index (Phi) is 5.85. The van der Waals surface area contributed by atoms with E-state index >= 15 is 0 Å². The number of carbonyl (C=O) groups is 1. The number of piperidine rings is 2. The van der Waals surface area contributed by atoms with Gasteiger partial charge in [0.2, 0.25) is 5.91 Å². The van der Waals surface area contributed by atoms with Crippen molar-refractivity contribution in [3.05, 3.63) is 0 Å². The first-order chi connectivity index (χ1) is 9.63. The van der Waals surface area contributed by atoms with Crippen molar-refractivity contribution >= 4 is 5.91 Å². The van der Waals surface area contributed by atoms with E-state index in [9.17, 15) is 4.79 Å². The van der Waals surface area contributed by atoms with Crippen LogP contribution in [0.25, 0.3) is 0 Å². The van der Waals surface area contributed by atoms with Gasteiger partial charge < -0.3 is 15.5 Å². The number of amides is 1. The summed E-state index contributed by atoms with van der Waals surface area (Å²) < 4.78 is 0. The first-order valence-corrected chi connectivity index (χ1v) is 8.42. The van der Waals surface area contributed by atoms with Gasteiger partial charge in [0.05, 0.1) is 6.04 Å². The molecule has 2 fully saturated rings. The highest BCUT2D eigenvalue weighted by molar-refractivity contribution is 5.82. The second kappa shape index (κ2) is 7.41. The van der Waals surface area contributed by atoms with Gasteiger partial charge in [0, 0.05) is 19.1 Å². The number of rotatable bonds is 4. The van der Waals surface area contributed by atoms with Crippen molar-refractivity contribution in [3.63, 3.8) is 0 Å². The Labute approximate surface area is 123 Å². The van der Waals surface area contributed by atoms with Crippen molar-refractivity contribution < 1.29 is 4.79 Å². The fourth-order valence-corrected chi connectivity index (χ4v) is 3.44. The summed E-state index contributed by atoms with van der Waals surface area (Å²) in [7, 11) is 0. The van der Waals surface area contributed by atoms with Crippen LogP contribution in [0, 0.1) is 5.92 Å². The van der Waals surface area contributed by atoms with Crippen LogP contribution in [0.5, 0.6) is 0 Å². The van der Waals surface area contributed by atoms with Crippen LogP contribution in [0.2, 0.25) is 0 Å². The zero-order valence-corrected chi connectivity index (χ0v) is 13.2. The molecule has 0 aromatic rings. The second-order valence-electron chi connectivity index (χ2n) is 6.56. The summed E-state index contributed by atoms with van der Waals surface area (Å²) in [5, 5.41) is 0. The van der Waals surface area contributed by atoms with Crippen LogP contribution in [0.3, 0.4) is 0 Å². The number of carbonyl (C=O) groups excluding carboxylic acids is 1. The summed E-state index contributed by atoms with van der Waals surface area (Å²) in [6.07, 6.45) is 7.29. The minimum atomic E-state index is -0.313. The van der Waals surface area contributed by atoms with Crippen LogP contribution in [0.15, 0.2) is 0 Å². The van der Waals surface area contributed by atoms with Crippen LogP contribution in [-0.4, -0.2) is 54.0 Å². The lowest BCUT2D eigenvalue weighted by Crippen LogP contribution is -2.53. The minimum absolute atomic E-state index is 0.163. The quantitative estimate of drug-likeness (QED) is 0.855. The van der Waals surface area contributed by atoms with Crippen molar-refractivity contribution in [2.45, 2.75) is 64.5 Å². The zero-order valence-electron chi connectivity index (χ0n) is 13.2. The summed E-state index contributed by atoms with van der Waals surface area (Å²) in [5.74, 6) is 0.443. The molecule has 0 bridgehead atoms. The number of nitrogens with two attached hydrogens (primary N) is 1. The number of hydrogen-bond donors (Lipinski definition) is 1. The molecule has 0 aromatic carbocycles. The van der Waals surface area contributed by atoms with Gasteiger partial charge in [-0.05, 0) is 44.7 Å². The molecule has 2 atom stereocenters. The summed E-state index contributed by atoms with van der Waals surface area (Å²) in [6, 6.07) is 0.380. The number of nitrogens with zero attached hydrogens (tertiary/aromatic N) is 2. The van der Waals surface area contributed by atoms with Crippen molar-refractivity contribution in [1.82, 2.24) is 9.80 Å². The molecule has 2 aliphatic rings. The summed E-state index contributed by atoms with van der Waals surface area (Å²) in [6.45, 7) is 8.47. The average Bonchev–Trinajstić information content (AvgIpc) is 2.53. The molecule has 4 nitrogen and oxygen atoms in total. The Bertz CT molecular complexity index is 307. The summed E-state index contributed by atoms with van der Waals surface area (Å²) in [5.41, 5.74) is 6.08. The van der Waals surface area contributed by atoms with Crippen molar-refractivity contribution in [3.8, 4) is 0 Å². The van der Waals surface area contributed by atoms with E-state index in [1.165, 1.54) is 32.4 Å². The fourth-order valence-electron chi connectivity index (χ4n) is 3.44. The fraction of sp³-hybridized carbons (Fsp3) is 0.938. The lowest BCUT2D eigenvalue weighted by Gasteiger charge is -2.41. The van der Waals surface area contributed by atoms with Gasteiger partial charge in [-0.1, -0.05) is 26.7 Å². The van der Waals surface area contributed by atoms with Gasteiger partial charge in [0.15, 0.2) is 0 Å². The SMILES string of the molecule is CC[C@H](C)[C@H](N)C(=O)N1CCC(N2CCCCC2)CC1. The topological polar surface area (TPSA) is 49.6 Å². The van der Waals surface area contributed by atoms with E-state index in [4.69, 9.17) is 5.73 Å². The van der Waals surface area contributed by atoms with Gasteiger partial charge in [0.1, 0.15) is 0 Å². The molecule has 0 aromatic heterocycles. The Hall–Kier alpha value is -0.610. The molecule has 116 valence electrons. The molecule has 2 heterocycles. The maximum absolute atomic E-state index is 12.4. The van der Waals surface area contributed by atoms with Gasteiger partial charge in [-0.2, -0.15) is 0 Å². The van der Waals surface area contributed by atoms with E-state index in [0.717, 1.165) is 32.4 Å². The molecule has 0 unspecified atom stereocenters. The monoisotopic (exact) mass is 281 g/mol.